The van der Waals surface area contributed by atoms with Crippen molar-refractivity contribution in [2.75, 3.05) is 20.8 Å². The van der Waals surface area contributed by atoms with Gasteiger partial charge in [0.15, 0.2) is 6.29 Å². The van der Waals surface area contributed by atoms with Crippen LogP contribution in [0.25, 0.3) is 10.8 Å². The van der Waals surface area contributed by atoms with E-state index in [2.05, 4.69) is 0 Å². The second-order valence-corrected chi connectivity index (χ2v) is 7.65. The van der Waals surface area contributed by atoms with Gasteiger partial charge in [0.2, 0.25) is 0 Å². The molecule has 0 spiro atoms. The van der Waals surface area contributed by atoms with Crippen LogP contribution in [0.4, 0.5) is 0 Å². The molecule has 0 aliphatic carbocycles. The number of hydrogen-bond donors (Lipinski definition) is 2. The lowest BCUT2D eigenvalue weighted by atomic mass is 9.97. The summed E-state index contributed by atoms with van der Waals surface area (Å²) in [5.74, 6) is 1.36. The highest BCUT2D eigenvalue weighted by molar-refractivity contribution is 6.00. The minimum absolute atomic E-state index is 0.0960. The Balaban J connectivity index is 2.01. The fourth-order valence-corrected chi connectivity index (χ4v) is 3.74. The normalized spacial score (nSPS) is 14.0. The molecule has 3 atom stereocenters. The zero-order valence-corrected chi connectivity index (χ0v) is 19.7. The number of aliphatic hydroxyl groups excluding tert-OH is 1. The lowest BCUT2D eigenvalue weighted by Gasteiger charge is -2.25. The number of fused-ring (bicyclic) bond motifs is 1. The Kier molecular flexibility index (Phi) is 8.38. The molecule has 0 amide bonds. The van der Waals surface area contributed by atoms with Crippen LogP contribution in [0.2, 0.25) is 0 Å². The lowest BCUT2D eigenvalue weighted by Crippen LogP contribution is -2.25. The van der Waals surface area contributed by atoms with Crippen molar-refractivity contribution in [2.24, 2.45) is 0 Å². The van der Waals surface area contributed by atoms with Crippen LogP contribution in [0, 0.1) is 0 Å². The van der Waals surface area contributed by atoms with Gasteiger partial charge in [-0.2, -0.15) is 0 Å². The first kappa shape index (κ1) is 24.6. The van der Waals surface area contributed by atoms with Gasteiger partial charge >= 0.3 is 0 Å². The number of hydrogen-bond acceptors (Lipinski definition) is 7. The molecule has 0 aliphatic heterocycles. The van der Waals surface area contributed by atoms with Crippen molar-refractivity contribution >= 4 is 10.8 Å². The number of phenolic OH excluding ortho intramolecular Hbond substituents is 1. The molecular weight excluding hydrogens is 424 g/mol. The highest BCUT2D eigenvalue weighted by atomic mass is 16.7. The first-order chi connectivity index (χ1) is 15.9. The average molecular weight is 457 g/mol. The number of benzene rings is 3. The van der Waals surface area contributed by atoms with E-state index in [1.165, 1.54) is 7.11 Å². The number of ether oxygens (including phenoxy) is 5. The summed E-state index contributed by atoms with van der Waals surface area (Å²) in [4.78, 5) is 0. The van der Waals surface area contributed by atoms with Crippen LogP contribution in [0.1, 0.15) is 38.0 Å². The summed E-state index contributed by atoms with van der Waals surface area (Å²) in [6, 6.07) is 14.8. The Hall–Kier alpha value is -3.00. The topological polar surface area (TPSA) is 86.6 Å². The fraction of sp³-hybridized carbons (Fsp3) is 0.385. The van der Waals surface area contributed by atoms with E-state index in [-0.39, 0.29) is 11.3 Å². The molecule has 0 fully saturated rings. The maximum Gasteiger partial charge on any atom is 0.155 e. The minimum atomic E-state index is -1.12. The molecule has 0 saturated heterocycles. The van der Waals surface area contributed by atoms with Crippen LogP contribution in [-0.4, -0.2) is 43.4 Å². The molecule has 3 aromatic carbocycles. The van der Waals surface area contributed by atoms with Crippen LogP contribution >= 0.6 is 0 Å². The number of rotatable bonds is 11. The molecule has 3 aromatic rings. The molecule has 7 heteroatoms. The average Bonchev–Trinajstić information content (AvgIpc) is 2.83. The van der Waals surface area contributed by atoms with Crippen molar-refractivity contribution < 1.29 is 33.9 Å². The van der Waals surface area contributed by atoms with Gasteiger partial charge in [-0.1, -0.05) is 30.3 Å². The molecule has 0 saturated carbocycles. The van der Waals surface area contributed by atoms with E-state index < -0.39 is 18.5 Å². The van der Waals surface area contributed by atoms with Crippen LogP contribution < -0.4 is 14.2 Å². The van der Waals surface area contributed by atoms with Gasteiger partial charge in [-0.15, -0.1) is 0 Å². The van der Waals surface area contributed by atoms with Gasteiger partial charge in [-0.3, -0.25) is 0 Å². The summed E-state index contributed by atoms with van der Waals surface area (Å²) in [5.41, 5.74) is 1.29. The highest BCUT2D eigenvalue weighted by Crippen LogP contribution is 2.46. The largest absolute Gasteiger partial charge is 0.507 e. The number of aromatic hydroxyl groups is 1. The maximum atomic E-state index is 11.1. The van der Waals surface area contributed by atoms with Crippen molar-refractivity contribution in [1.29, 1.82) is 0 Å². The fourth-order valence-electron chi connectivity index (χ4n) is 3.74. The van der Waals surface area contributed by atoms with Gasteiger partial charge in [-0.05, 0) is 38.5 Å². The standard InChI is InChI=1S/C26H32O7/c1-6-31-17(3)33-16(2)25(27)21-14-23(30-5)24-20(26(21)28)12-19(13-22(24)29-4)32-15-18-10-8-7-9-11-18/h7-14,16-17,25,27-28H,6,15H2,1-5H3/t16-,17+,25+/m1/s1. The molecule has 7 nitrogen and oxygen atoms in total. The second-order valence-electron chi connectivity index (χ2n) is 7.65. The molecule has 0 aromatic heterocycles. The number of aliphatic hydroxyl groups is 1. The van der Waals surface area contributed by atoms with Crippen molar-refractivity contribution in [1.82, 2.24) is 0 Å². The summed E-state index contributed by atoms with van der Waals surface area (Å²) in [5, 5.41) is 23.1. The smallest absolute Gasteiger partial charge is 0.155 e. The molecule has 0 heterocycles. The third kappa shape index (κ3) is 5.68. The van der Waals surface area contributed by atoms with Crippen LogP contribution in [0.5, 0.6) is 23.0 Å². The van der Waals surface area contributed by atoms with E-state index in [1.54, 1.807) is 39.2 Å². The molecular formula is C26H32O7. The van der Waals surface area contributed by atoms with Crippen molar-refractivity contribution in [3.05, 3.63) is 59.7 Å². The van der Waals surface area contributed by atoms with Crippen molar-refractivity contribution in [3.8, 4) is 23.0 Å². The Morgan fingerprint density at radius 1 is 0.939 bits per heavy atom. The highest BCUT2D eigenvalue weighted by Gasteiger charge is 2.26. The number of methoxy groups -OCH3 is 2. The van der Waals surface area contributed by atoms with Crippen LogP contribution in [0.3, 0.4) is 0 Å². The van der Waals surface area contributed by atoms with Gasteiger partial charge in [-0.25, -0.2) is 0 Å². The molecule has 0 aliphatic rings. The summed E-state index contributed by atoms with van der Waals surface area (Å²) in [7, 11) is 3.07. The van der Waals surface area contributed by atoms with Crippen molar-refractivity contribution in [3.63, 3.8) is 0 Å². The van der Waals surface area contributed by atoms with Gasteiger partial charge in [0, 0.05) is 23.6 Å². The predicted octanol–water partition coefficient (Wildman–Crippen LogP) is 4.96. The minimum Gasteiger partial charge on any atom is -0.507 e. The zero-order valence-electron chi connectivity index (χ0n) is 19.7. The van der Waals surface area contributed by atoms with E-state index in [9.17, 15) is 10.2 Å². The van der Waals surface area contributed by atoms with Gasteiger partial charge in [0.05, 0.1) is 25.7 Å². The SMILES string of the molecule is CCO[C@H](C)O[C@H](C)[C@H](O)c1cc(OC)c2c(OC)cc(OCc3ccccc3)cc2c1O. The Morgan fingerprint density at radius 3 is 2.24 bits per heavy atom. The first-order valence-electron chi connectivity index (χ1n) is 10.9. The van der Waals surface area contributed by atoms with Crippen LogP contribution in [-0.2, 0) is 16.1 Å². The molecule has 33 heavy (non-hydrogen) atoms. The first-order valence-corrected chi connectivity index (χ1v) is 10.9. The van der Waals surface area contributed by atoms with Crippen molar-refractivity contribution in [2.45, 2.75) is 45.9 Å². The Bertz CT molecular complexity index is 1050. The van der Waals surface area contributed by atoms with E-state index in [4.69, 9.17) is 23.7 Å². The predicted molar refractivity (Wildman–Crippen MR) is 126 cm³/mol. The Morgan fingerprint density at radius 2 is 1.61 bits per heavy atom. The van der Waals surface area contributed by atoms with Crippen LogP contribution in [0.15, 0.2) is 48.5 Å². The molecule has 2 N–H and O–H groups in total. The third-order valence-corrected chi connectivity index (χ3v) is 5.40. The summed E-state index contributed by atoms with van der Waals surface area (Å²) in [6.07, 6.45) is -2.26. The van der Waals surface area contributed by atoms with Gasteiger partial charge in [0.1, 0.15) is 35.7 Å². The van der Waals surface area contributed by atoms with E-state index in [0.29, 0.717) is 41.2 Å². The molecule has 0 bridgehead atoms. The van der Waals surface area contributed by atoms with E-state index in [0.717, 1.165) is 5.56 Å². The molecule has 3 rings (SSSR count). The maximum absolute atomic E-state index is 11.1. The quantitative estimate of drug-likeness (QED) is 0.394. The van der Waals surface area contributed by atoms with E-state index >= 15 is 0 Å². The van der Waals surface area contributed by atoms with Gasteiger partial charge in [0.25, 0.3) is 0 Å². The zero-order chi connectivity index (χ0) is 24.0. The van der Waals surface area contributed by atoms with E-state index in [1.807, 2.05) is 37.3 Å². The van der Waals surface area contributed by atoms with Gasteiger partial charge < -0.3 is 33.9 Å². The second kappa shape index (κ2) is 11.2. The lowest BCUT2D eigenvalue weighted by molar-refractivity contribution is -0.176. The summed E-state index contributed by atoms with van der Waals surface area (Å²) >= 11 is 0. The Labute approximate surface area is 194 Å². The molecule has 0 radical (unpaired) electrons. The summed E-state index contributed by atoms with van der Waals surface area (Å²) < 4.78 is 28.2. The monoisotopic (exact) mass is 456 g/mol. The molecule has 178 valence electrons. The summed E-state index contributed by atoms with van der Waals surface area (Å²) in [6.45, 7) is 6.19. The number of phenols is 1. The third-order valence-electron chi connectivity index (χ3n) is 5.40. The molecule has 0 unspecified atom stereocenters.